The molecular weight excluding hydrogens is 226 g/mol. The van der Waals surface area contributed by atoms with Crippen molar-refractivity contribution in [1.29, 1.82) is 0 Å². The molecule has 0 aromatic heterocycles. The first kappa shape index (κ1) is 13.2. The molecule has 1 aromatic rings. The van der Waals surface area contributed by atoms with Crippen LogP contribution in [0.4, 0.5) is 0 Å². The average Bonchev–Trinajstić information content (AvgIpc) is 2.48. The largest absolute Gasteiger partial charge is 0.493 e. The lowest BCUT2D eigenvalue weighted by atomic mass is 9.99. The van der Waals surface area contributed by atoms with E-state index in [0.717, 1.165) is 30.9 Å². The maximum absolute atomic E-state index is 5.39. The van der Waals surface area contributed by atoms with Crippen molar-refractivity contribution in [3.8, 4) is 11.5 Å². The minimum absolute atomic E-state index is 0.846. The molecule has 2 rings (SSSR count). The lowest BCUT2D eigenvalue weighted by molar-refractivity contribution is 0.333. The number of nitrogens with zero attached hydrogens (tertiary/aromatic N) is 1. The second kappa shape index (κ2) is 6.10. The van der Waals surface area contributed by atoms with Crippen molar-refractivity contribution in [1.82, 2.24) is 4.90 Å². The van der Waals surface area contributed by atoms with Gasteiger partial charge in [-0.3, -0.25) is 0 Å². The lowest BCUT2D eigenvalue weighted by Gasteiger charge is -2.16. The third-order valence-corrected chi connectivity index (χ3v) is 3.70. The van der Waals surface area contributed by atoms with E-state index in [0.29, 0.717) is 0 Å². The number of methoxy groups -OCH3 is 2. The molecule has 0 fully saturated rings. The lowest BCUT2D eigenvalue weighted by Crippen LogP contribution is -2.21. The van der Waals surface area contributed by atoms with Crippen molar-refractivity contribution in [2.24, 2.45) is 0 Å². The second-order valence-corrected chi connectivity index (χ2v) is 4.99. The third-order valence-electron chi connectivity index (χ3n) is 3.70. The molecule has 3 heteroatoms. The molecule has 1 aliphatic rings. The van der Waals surface area contributed by atoms with Gasteiger partial charge < -0.3 is 14.4 Å². The molecule has 1 aromatic carbocycles. The van der Waals surface area contributed by atoms with Crippen LogP contribution >= 0.6 is 0 Å². The molecule has 0 bridgehead atoms. The summed E-state index contributed by atoms with van der Waals surface area (Å²) in [5.74, 6) is 1.70. The van der Waals surface area contributed by atoms with Gasteiger partial charge in [0, 0.05) is 6.54 Å². The first-order valence-corrected chi connectivity index (χ1v) is 6.67. The fourth-order valence-corrected chi connectivity index (χ4v) is 2.55. The van der Waals surface area contributed by atoms with E-state index >= 15 is 0 Å². The molecule has 3 nitrogen and oxygen atoms in total. The van der Waals surface area contributed by atoms with E-state index in [1.54, 1.807) is 14.2 Å². The summed E-state index contributed by atoms with van der Waals surface area (Å²) in [6.45, 7) is 2.31. The summed E-state index contributed by atoms with van der Waals surface area (Å²) in [4.78, 5) is 2.41. The Morgan fingerprint density at radius 2 is 1.50 bits per heavy atom. The number of fused-ring (bicyclic) bond motifs is 1. The standard InChI is InChI=1S/C15H23NO2/c1-16-8-5-4-6-12-10-14(17-2)15(18-3)11-13(12)7-9-16/h10-11H,4-9H2,1-3H3. The Bertz CT molecular complexity index is 404. The molecule has 0 aliphatic carbocycles. The number of likely N-dealkylation sites (N-methyl/N-ethyl adjacent to an activating group) is 1. The summed E-state index contributed by atoms with van der Waals surface area (Å²) in [7, 11) is 5.60. The highest BCUT2D eigenvalue weighted by molar-refractivity contribution is 5.47. The van der Waals surface area contributed by atoms with Gasteiger partial charge in [0.15, 0.2) is 11.5 Å². The molecule has 100 valence electrons. The van der Waals surface area contributed by atoms with Gasteiger partial charge in [0.2, 0.25) is 0 Å². The highest BCUT2D eigenvalue weighted by Gasteiger charge is 2.13. The van der Waals surface area contributed by atoms with Gasteiger partial charge in [-0.1, -0.05) is 0 Å². The van der Waals surface area contributed by atoms with Crippen LogP contribution in [0.2, 0.25) is 0 Å². The van der Waals surface area contributed by atoms with Crippen LogP contribution in [0, 0.1) is 0 Å². The summed E-state index contributed by atoms with van der Waals surface area (Å²) in [6, 6.07) is 4.30. The number of hydrogen-bond acceptors (Lipinski definition) is 3. The summed E-state index contributed by atoms with van der Waals surface area (Å²) in [5, 5.41) is 0. The molecule has 0 saturated carbocycles. The zero-order chi connectivity index (χ0) is 13.0. The van der Waals surface area contributed by atoms with Gasteiger partial charge in [-0.05, 0) is 62.5 Å². The van der Waals surface area contributed by atoms with Crippen molar-refractivity contribution in [2.75, 3.05) is 34.4 Å². The summed E-state index contributed by atoms with van der Waals surface area (Å²) in [6.07, 6.45) is 4.74. The van der Waals surface area contributed by atoms with Gasteiger partial charge in [-0.25, -0.2) is 0 Å². The van der Waals surface area contributed by atoms with Crippen LogP contribution in [-0.2, 0) is 12.8 Å². The number of benzene rings is 1. The number of ether oxygens (including phenoxy) is 2. The van der Waals surface area contributed by atoms with E-state index in [4.69, 9.17) is 9.47 Å². The molecule has 0 radical (unpaired) electrons. The number of rotatable bonds is 2. The topological polar surface area (TPSA) is 21.7 Å². The number of aryl methyl sites for hydroxylation is 1. The Balaban J connectivity index is 2.31. The molecule has 0 saturated heterocycles. The first-order valence-electron chi connectivity index (χ1n) is 6.67. The third kappa shape index (κ3) is 2.96. The zero-order valence-electron chi connectivity index (χ0n) is 11.7. The highest BCUT2D eigenvalue weighted by Crippen LogP contribution is 2.32. The quantitative estimate of drug-likeness (QED) is 0.804. The molecule has 0 amide bonds. The molecule has 1 aliphatic heterocycles. The van der Waals surface area contributed by atoms with Gasteiger partial charge >= 0.3 is 0 Å². The number of hydrogen-bond donors (Lipinski definition) is 0. The Hall–Kier alpha value is -1.22. The van der Waals surface area contributed by atoms with Crippen molar-refractivity contribution < 1.29 is 9.47 Å². The van der Waals surface area contributed by atoms with Gasteiger partial charge in [-0.2, -0.15) is 0 Å². The van der Waals surface area contributed by atoms with Crippen LogP contribution < -0.4 is 9.47 Å². The van der Waals surface area contributed by atoms with Gasteiger partial charge in [0.1, 0.15) is 0 Å². The Kier molecular flexibility index (Phi) is 4.48. The molecule has 0 atom stereocenters. The Morgan fingerprint density at radius 3 is 2.11 bits per heavy atom. The Labute approximate surface area is 110 Å². The minimum Gasteiger partial charge on any atom is -0.493 e. The summed E-state index contributed by atoms with van der Waals surface area (Å²) in [5.41, 5.74) is 2.82. The predicted molar refractivity (Wildman–Crippen MR) is 73.7 cm³/mol. The monoisotopic (exact) mass is 249 g/mol. The van der Waals surface area contributed by atoms with Gasteiger partial charge in [0.05, 0.1) is 14.2 Å². The van der Waals surface area contributed by atoms with Crippen molar-refractivity contribution in [3.63, 3.8) is 0 Å². The smallest absolute Gasteiger partial charge is 0.161 e. The Morgan fingerprint density at radius 1 is 0.889 bits per heavy atom. The zero-order valence-corrected chi connectivity index (χ0v) is 11.7. The maximum atomic E-state index is 5.39. The summed E-state index contributed by atoms with van der Waals surface area (Å²) >= 11 is 0. The van der Waals surface area contributed by atoms with E-state index in [9.17, 15) is 0 Å². The van der Waals surface area contributed by atoms with E-state index in [2.05, 4.69) is 24.1 Å². The van der Waals surface area contributed by atoms with Gasteiger partial charge in [0.25, 0.3) is 0 Å². The molecular formula is C15H23NO2. The maximum Gasteiger partial charge on any atom is 0.161 e. The van der Waals surface area contributed by atoms with E-state index in [1.807, 2.05) is 0 Å². The van der Waals surface area contributed by atoms with Gasteiger partial charge in [-0.15, -0.1) is 0 Å². The van der Waals surface area contributed by atoms with Crippen molar-refractivity contribution in [2.45, 2.75) is 25.7 Å². The van der Waals surface area contributed by atoms with Crippen LogP contribution in [-0.4, -0.2) is 39.3 Å². The summed E-state index contributed by atoms with van der Waals surface area (Å²) < 4.78 is 10.8. The predicted octanol–water partition coefficient (Wildman–Crippen LogP) is 2.51. The molecule has 18 heavy (non-hydrogen) atoms. The molecule has 0 N–H and O–H groups in total. The molecule has 0 unspecified atom stereocenters. The van der Waals surface area contributed by atoms with Crippen LogP contribution in [0.3, 0.4) is 0 Å². The van der Waals surface area contributed by atoms with E-state index in [-0.39, 0.29) is 0 Å². The van der Waals surface area contributed by atoms with Crippen LogP contribution in [0.25, 0.3) is 0 Å². The average molecular weight is 249 g/mol. The SMILES string of the molecule is COc1cc2c(cc1OC)CCN(C)CCCC2. The first-order chi connectivity index (χ1) is 8.74. The fourth-order valence-electron chi connectivity index (χ4n) is 2.55. The molecule has 0 spiro atoms. The van der Waals surface area contributed by atoms with Crippen LogP contribution in [0.15, 0.2) is 12.1 Å². The van der Waals surface area contributed by atoms with E-state index in [1.165, 1.54) is 30.5 Å². The van der Waals surface area contributed by atoms with E-state index < -0.39 is 0 Å². The highest BCUT2D eigenvalue weighted by atomic mass is 16.5. The fraction of sp³-hybridized carbons (Fsp3) is 0.600. The second-order valence-electron chi connectivity index (χ2n) is 4.99. The van der Waals surface area contributed by atoms with Crippen LogP contribution in [0.1, 0.15) is 24.0 Å². The normalized spacial score (nSPS) is 17.3. The van der Waals surface area contributed by atoms with Crippen LogP contribution in [0.5, 0.6) is 11.5 Å². The minimum atomic E-state index is 0.846. The van der Waals surface area contributed by atoms with Crippen molar-refractivity contribution >= 4 is 0 Å². The molecule has 1 heterocycles. The van der Waals surface area contributed by atoms with Crippen molar-refractivity contribution in [3.05, 3.63) is 23.3 Å².